The number of rotatable bonds is 2. The molecule has 5 nitrogen and oxygen atoms in total. The van der Waals surface area contributed by atoms with E-state index in [1.54, 1.807) is 6.07 Å². The Hall–Kier alpha value is -1.30. The molecular formula is C11H10Cl2N2O3. The monoisotopic (exact) mass is 288 g/mol. The molecule has 0 saturated carbocycles. The predicted octanol–water partition coefficient (Wildman–Crippen LogP) is 1.04. The summed E-state index contributed by atoms with van der Waals surface area (Å²) in [5, 5.41) is 15.1. The van der Waals surface area contributed by atoms with Gasteiger partial charge in [-0.15, -0.1) is 0 Å². The van der Waals surface area contributed by atoms with E-state index in [-0.39, 0.29) is 11.6 Å². The number of aliphatic hydroxyl groups is 1. The lowest BCUT2D eigenvalue weighted by atomic mass is 10.0. The summed E-state index contributed by atoms with van der Waals surface area (Å²) in [5.74, 6) is -2.21. The summed E-state index contributed by atoms with van der Waals surface area (Å²) in [6, 6.07) is 4.57. The molecule has 1 aliphatic heterocycles. The number of hydrogen-bond acceptors (Lipinski definition) is 3. The van der Waals surface area contributed by atoms with E-state index in [9.17, 15) is 14.7 Å². The molecule has 7 heteroatoms. The van der Waals surface area contributed by atoms with Crippen molar-refractivity contribution in [3.05, 3.63) is 28.2 Å². The Labute approximate surface area is 113 Å². The van der Waals surface area contributed by atoms with Crippen molar-refractivity contribution < 1.29 is 14.7 Å². The number of hydrogen-bond donors (Lipinski definition) is 3. The van der Waals surface area contributed by atoms with Gasteiger partial charge in [0.05, 0.1) is 16.8 Å². The van der Waals surface area contributed by atoms with Gasteiger partial charge in [-0.2, -0.15) is 0 Å². The molecule has 0 aromatic heterocycles. The predicted molar refractivity (Wildman–Crippen MR) is 67.6 cm³/mol. The molecule has 1 aromatic carbocycles. The number of carbonyl (C=O) groups is 2. The molecule has 2 rings (SSSR count). The molecule has 0 bridgehead atoms. The number of halogens is 2. The molecule has 3 N–H and O–H groups in total. The highest BCUT2D eigenvalue weighted by molar-refractivity contribution is 6.36. The Kier molecular flexibility index (Phi) is 3.75. The van der Waals surface area contributed by atoms with Gasteiger partial charge >= 0.3 is 0 Å². The second-order valence-corrected chi connectivity index (χ2v) is 4.75. The molecule has 0 radical (unpaired) electrons. The molecule has 2 amide bonds. The van der Waals surface area contributed by atoms with Gasteiger partial charge in [-0.3, -0.25) is 9.59 Å². The van der Waals surface area contributed by atoms with Crippen molar-refractivity contribution in [2.45, 2.75) is 6.10 Å². The quantitative estimate of drug-likeness (QED) is 0.712. The lowest BCUT2D eigenvalue weighted by molar-refractivity contribution is -0.132. The second-order valence-electron chi connectivity index (χ2n) is 3.90. The van der Waals surface area contributed by atoms with E-state index < -0.39 is 23.8 Å². The number of aliphatic hydroxyl groups excluding tert-OH is 1. The number of anilines is 1. The van der Waals surface area contributed by atoms with Crippen LogP contribution in [0.15, 0.2) is 18.2 Å². The van der Waals surface area contributed by atoms with Crippen LogP contribution >= 0.6 is 23.2 Å². The molecule has 1 saturated heterocycles. The Morgan fingerprint density at radius 2 is 2.17 bits per heavy atom. The Morgan fingerprint density at radius 3 is 2.72 bits per heavy atom. The van der Waals surface area contributed by atoms with Gasteiger partial charge in [0.2, 0.25) is 11.8 Å². The van der Waals surface area contributed by atoms with Crippen LogP contribution in [0, 0.1) is 5.92 Å². The maximum atomic E-state index is 11.8. The van der Waals surface area contributed by atoms with Gasteiger partial charge in [-0.25, -0.2) is 0 Å². The van der Waals surface area contributed by atoms with Crippen LogP contribution in [0.1, 0.15) is 0 Å². The summed E-state index contributed by atoms with van der Waals surface area (Å²) < 4.78 is 0. The highest BCUT2D eigenvalue weighted by Crippen LogP contribution is 2.26. The summed E-state index contributed by atoms with van der Waals surface area (Å²) in [6.45, 7) is 0.0747. The topological polar surface area (TPSA) is 78.4 Å². The van der Waals surface area contributed by atoms with Gasteiger partial charge < -0.3 is 15.7 Å². The fourth-order valence-corrected chi connectivity index (χ4v) is 2.16. The Morgan fingerprint density at radius 1 is 1.44 bits per heavy atom. The third-order valence-electron chi connectivity index (χ3n) is 2.62. The number of nitrogens with one attached hydrogen (secondary N) is 2. The first kappa shape index (κ1) is 13.1. The smallest absolute Gasteiger partial charge is 0.239 e. The first-order chi connectivity index (χ1) is 8.49. The van der Waals surface area contributed by atoms with Crippen molar-refractivity contribution in [2.24, 2.45) is 5.92 Å². The summed E-state index contributed by atoms with van der Waals surface area (Å²) in [6.07, 6.45) is -1.02. The SMILES string of the molecule is O=C1NCC(O)C1C(=O)Nc1ccc(Cl)cc1Cl. The normalized spacial score (nSPS) is 22.7. The summed E-state index contributed by atoms with van der Waals surface area (Å²) in [5.41, 5.74) is 0.345. The van der Waals surface area contributed by atoms with E-state index in [1.165, 1.54) is 12.1 Å². The van der Waals surface area contributed by atoms with Gasteiger partial charge in [-0.05, 0) is 18.2 Å². The lowest BCUT2D eigenvalue weighted by Crippen LogP contribution is -2.34. The van der Waals surface area contributed by atoms with Crippen LogP contribution in [-0.4, -0.2) is 29.6 Å². The summed E-state index contributed by atoms with van der Waals surface area (Å²) >= 11 is 11.6. The molecule has 1 heterocycles. The molecule has 2 unspecified atom stereocenters. The molecular weight excluding hydrogens is 279 g/mol. The maximum absolute atomic E-state index is 11.8. The van der Waals surface area contributed by atoms with Crippen molar-refractivity contribution >= 4 is 40.7 Å². The van der Waals surface area contributed by atoms with Gasteiger partial charge in [0.25, 0.3) is 0 Å². The summed E-state index contributed by atoms with van der Waals surface area (Å²) in [4.78, 5) is 23.2. The van der Waals surface area contributed by atoms with Crippen molar-refractivity contribution in [1.29, 1.82) is 0 Å². The molecule has 0 aliphatic carbocycles. The third kappa shape index (κ3) is 2.58. The lowest BCUT2D eigenvalue weighted by Gasteiger charge is -2.13. The van der Waals surface area contributed by atoms with Crippen LogP contribution < -0.4 is 10.6 Å². The van der Waals surface area contributed by atoms with Crippen LogP contribution in [0.4, 0.5) is 5.69 Å². The number of β-amino-alcohol motifs (C(OH)–C–C–N with tert-alkyl or cyclic N) is 1. The van der Waals surface area contributed by atoms with Crippen LogP contribution in [0.5, 0.6) is 0 Å². The third-order valence-corrected chi connectivity index (χ3v) is 3.17. The van der Waals surface area contributed by atoms with Crippen molar-refractivity contribution in [3.8, 4) is 0 Å². The molecule has 2 atom stereocenters. The minimum Gasteiger partial charge on any atom is -0.390 e. The van der Waals surface area contributed by atoms with Crippen molar-refractivity contribution in [2.75, 3.05) is 11.9 Å². The van der Waals surface area contributed by atoms with Gasteiger partial charge in [0, 0.05) is 11.6 Å². The number of amides is 2. The Bertz CT molecular complexity index is 507. The minimum atomic E-state index is -1.11. The zero-order valence-electron chi connectivity index (χ0n) is 9.11. The van der Waals surface area contributed by atoms with E-state index in [0.717, 1.165) is 0 Å². The van der Waals surface area contributed by atoms with E-state index >= 15 is 0 Å². The maximum Gasteiger partial charge on any atom is 0.239 e. The molecule has 1 aromatic rings. The van der Waals surface area contributed by atoms with E-state index in [0.29, 0.717) is 10.7 Å². The van der Waals surface area contributed by atoms with Crippen LogP contribution in [0.25, 0.3) is 0 Å². The zero-order valence-corrected chi connectivity index (χ0v) is 10.6. The van der Waals surface area contributed by atoms with Crippen molar-refractivity contribution in [3.63, 3.8) is 0 Å². The molecule has 0 spiro atoms. The minimum absolute atomic E-state index is 0.0747. The van der Waals surface area contributed by atoms with Crippen LogP contribution in [-0.2, 0) is 9.59 Å². The van der Waals surface area contributed by atoms with Crippen LogP contribution in [0.3, 0.4) is 0 Å². The number of carbonyl (C=O) groups excluding carboxylic acids is 2. The van der Waals surface area contributed by atoms with E-state index in [1.807, 2.05) is 0 Å². The first-order valence-corrected chi connectivity index (χ1v) is 5.96. The van der Waals surface area contributed by atoms with Gasteiger partial charge in [0.1, 0.15) is 5.92 Å². The second kappa shape index (κ2) is 5.14. The molecule has 1 aliphatic rings. The van der Waals surface area contributed by atoms with Crippen LogP contribution in [0.2, 0.25) is 10.0 Å². The average molecular weight is 289 g/mol. The van der Waals surface area contributed by atoms with E-state index in [2.05, 4.69) is 10.6 Å². The average Bonchev–Trinajstić information content (AvgIpc) is 2.62. The fraction of sp³-hybridized carbons (Fsp3) is 0.273. The van der Waals surface area contributed by atoms with Crippen molar-refractivity contribution in [1.82, 2.24) is 5.32 Å². The van der Waals surface area contributed by atoms with Gasteiger partial charge in [0.15, 0.2) is 0 Å². The largest absolute Gasteiger partial charge is 0.390 e. The first-order valence-electron chi connectivity index (χ1n) is 5.20. The zero-order chi connectivity index (χ0) is 13.3. The molecule has 1 fully saturated rings. The number of benzene rings is 1. The van der Waals surface area contributed by atoms with E-state index in [4.69, 9.17) is 23.2 Å². The highest BCUT2D eigenvalue weighted by Gasteiger charge is 2.39. The molecule has 96 valence electrons. The highest BCUT2D eigenvalue weighted by atomic mass is 35.5. The summed E-state index contributed by atoms with van der Waals surface area (Å²) in [7, 11) is 0. The Balaban J connectivity index is 2.14. The standard InChI is InChI=1S/C11H10Cl2N2O3/c12-5-1-2-7(6(13)3-5)15-11(18)9-8(16)4-14-10(9)17/h1-3,8-9,16H,4H2,(H,14,17)(H,15,18). The molecule has 18 heavy (non-hydrogen) atoms. The van der Waals surface area contributed by atoms with Gasteiger partial charge in [-0.1, -0.05) is 23.2 Å². The fourth-order valence-electron chi connectivity index (χ4n) is 1.70.